The summed E-state index contributed by atoms with van der Waals surface area (Å²) in [5, 5.41) is 0. The highest BCUT2D eigenvalue weighted by Crippen LogP contribution is 2.35. The number of aryl methyl sites for hydroxylation is 1. The van der Waals surface area contributed by atoms with E-state index in [0.717, 1.165) is 19.4 Å². The molecule has 1 aliphatic heterocycles. The summed E-state index contributed by atoms with van der Waals surface area (Å²) in [5.41, 5.74) is 2.39. The lowest BCUT2D eigenvalue weighted by Crippen LogP contribution is -2.32. The predicted octanol–water partition coefficient (Wildman–Crippen LogP) is 4.67. The van der Waals surface area contributed by atoms with Crippen LogP contribution in [0.2, 0.25) is 0 Å². The molecule has 0 aromatic heterocycles. The second-order valence-electron chi connectivity index (χ2n) is 5.59. The quantitative estimate of drug-likeness (QED) is 0.694. The van der Waals surface area contributed by atoms with Crippen molar-refractivity contribution in [2.45, 2.75) is 44.1 Å². The Labute approximate surface area is 126 Å². The maximum absolute atomic E-state index is 6.27. The molecule has 1 aliphatic rings. The molecule has 2 rings (SSSR count). The lowest BCUT2D eigenvalue weighted by atomic mass is 9.78. The molecular formula is C16H22Cl2O. The van der Waals surface area contributed by atoms with Gasteiger partial charge in [0.2, 0.25) is 0 Å². The van der Waals surface area contributed by atoms with Crippen molar-refractivity contribution in [2.75, 3.05) is 18.4 Å². The predicted molar refractivity (Wildman–Crippen MR) is 82.5 cm³/mol. The van der Waals surface area contributed by atoms with Gasteiger partial charge in [-0.3, -0.25) is 0 Å². The minimum atomic E-state index is -0.124. The number of hydrogen-bond donors (Lipinski definition) is 0. The highest BCUT2D eigenvalue weighted by molar-refractivity contribution is 6.22. The molecule has 19 heavy (non-hydrogen) atoms. The molecule has 0 bridgehead atoms. The van der Waals surface area contributed by atoms with Crippen molar-refractivity contribution in [1.82, 2.24) is 0 Å². The number of alkyl halides is 2. The van der Waals surface area contributed by atoms with E-state index in [1.54, 1.807) is 0 Å². The van der Waals surface area contributed by atoms with Crippen LogP contribution in [0, 0.1) is 6.92 Å². The Morgan fingerprint density at radius 2 is 2.11 bits per heavy atom. The smallest absolute Gasteiger partial charge is 0.0576 e. The first kappa shape index (κ1) is 15.2. The first-order valence-corrected chi connectivity index (χ1v) is 8.08. The van der Waals surface area contributed by atoms with E-state index in [4.69, 9.17) is 27.9 Å². The van der Waals surface area contributed by atoms with Crippen LogP contribution < -0.4 is 0 Å². The Kier molecular flexibility index (Phi) is 5.56. The Bertz CT molecular complexity index is 395. The maximum Gasteiger partial charge on any atom is 0.0576 e. The summed E-state index contributed by atoms with van der Waals surface area (Å²) >= 11 is 12.5. The molecule has 1 saturated heterocycles. The third kappa shape index (κ3) is 3.65. The summed E-state index contributed by atoms with van der Waals surface area (Å²) in [6, 6.07) is 8.55. The Morgan fingerprint density at radius 1 is 1.32 bits per heavy atom. The summed E-state index contributed by atoms with van der Waals surface area (Å²) in [6.45, 7) is 3.01. The van der Waals surface area contributed by atoms with E-state index in [0.29, 0.717) is 17.9 Å². The van der Waals surface area contributed by atoms with Gasteiger partial charge in [0.15, 0.2) is 0 Å². The lowest BCUT2D eigenvalue weighted by molar-refractivity contribution is 0.0976. The van der Waals surface area contributed by atoms with Crippen molar-refractivity contribution in [1.29, 1.82) is 0 Å². The van der Waals surface area contributed by atoms with Gasteiger partial charge in [-0.1, -0.05) is 29.8 Å². The summed E-state index contributed by atoms with van der Waals surface area (Å²) in [6.07, 6.45) is 4.80. The molecule has 0 radical (unpaired) electrons. The normalized spacial score (nSPS) is 19.8. The van der Waals surface area contributed by atoms with Crippen LogP contribution in [0.5, 0.6) is 0 Å². The van der Waals surface area contributed by atoms with Crippen LogP contribution in [-0.4, -0.2) is 24.5 Å². The van der Waals surface area contributed by atoms with E-state index in [-0.39, 0.29) is 5.41 Å². The van der Waals surface area contributed by atoms with Gasteiger partial charge in [-0.15, -0.1) is 23.2 Å². The average Bonchev–Trinajstić information content (AvgIpc) is 2.94. The van der Waals surface area contributed by atoms with E-state index in [2.05, 4.69) is 31.2 Å². The fourth-order valence-electron chi connectivity index (χ4n) is 2.75. The Balaban J connectivity index is 2.11. The number of hydrogen-bond acceptors (Lipinski definition) is 1. The molecule has 106 valence electrons. The topological polar surface area (TPSA) is 9.23 Å². The number of halogens is 2. The minimum absolute atomic E-state index is 0.124. The van der Waals surface area contributed by atoms with Crippen molar-refractivity contribution < 1.29 is 4.74 Å². The van der Waals surface area contributed by atoms with Crippen LogP contribution in [0.15, 0.2) is 24.3 Å². The molecule has 1 nitrogen and oxygen atoms in total. The molecule has 1 fully saturated rings. The zero-order valence-electron chi connectivity index (χ0n) is 11.5. The molecular weight excluding hydrogens is 279 g/mol. The van der Waals surface area contributed by atoms with Crippen molar-refractivity contribution in [2.24, 2.45) is 0 Å². The Morgan fingerprint density at radius 3 is 2.68 bits per heavy atom. The zero-order chi connectivity index (χ0) is 13.7. The molecule has 0 spiro atoms. The van der Waals surface area contributed by atoms with Crippen molar-refractivity contribution in [3.63, 3.8) is 0 Å². The third-order valence-corrected chi connectivity index (χ3v) is 5.13. The molecule has 3 heteroatoms. The summed E-state index contributed by atoms with van der Waals surface area (Å²) < 4.78 is 5.71. The van der Waals surface area contributed by atoms with Crippen LogP contribution in [0.4, 0.5) is 0 Å². The molecule has 1 heterocycles. The Hall–Kier alpha value is -0.240. The number of benzene rings is 1. The SMILES string of the molecule is Cc1cccc(C(CCl)(CCl)CCC2CCCO2)c1. The van der Waals surface area contributed by atoms with Crippen LogP contribution >= 0.6 is 23.2 Å². The molecule has 0 N–H and O–H groups in total. The molecule has 1 unspecified atom stereocenters. The first-order chi connectivity index (χ1) is 9.20. The monoisotopic (exact) mass is 300 g/mol. The number of ether oxygens (including phenoxy) is 1. The third-order valence-electron chi connectivity index (χ3n) is 4.11. The molecule has 0 amide bonds. The zero-order valence-corrected chi connectivity index (χ0v) is 13.0. The van der Waals surface area contributed by atoms with Crippen molar-refractivity contribution >= 4 is 23.2 Å². The summed E-state index contributed by atoms with van der Waals surface area (Å²) in [5.74, 6) is 1.12. The summed E-state index contributed by atoms with van der Waals surface area (Å²) in [4.78, 5) is 0. The highest BCUT2D eigenvalue weighted by atomic mass is 35.5. The van der Waals surface area contributed by atoms with E-state index in [1.165, 1.54) is 24.0 Å². The van der Waals surface area contributed by atoms with Crippen molar-refractivity contribution in [3.05, 3.63) is 35.4 Å². The van der Waals surface area contributed by atoms with Gasteiger partial charge in [-0.2, -0.15) is 0 Å². The van der Waals surface area contributed by atoms with Gasteiger partial charge in [0.25, 0.3) is 0 Å². The van der Waals surface area contributed by atoms with Gasteiger partial charge in [0.05, 0.1) is 6.10 Å². The summed E-state index contributed by atoms with van der Waals surface area (Å²) in [7, 11) is 0. The fourth-order valence-corrected chi connectivity index (χ4v) is 3.61. The van der Waals surface area contributed by atoms with Gasteiger partial charge in [-0.25, -0.2) is 0 Å². The van der Waals surface area contributed by atoms with E-state index >= 15 is 0 Å². The van der Waals surface area contributed by atoms with Crippen molar-refractivity contribution in [3.8, 4) is 0 Å². The maximum atomic E-state index is 6.27. The highest BCUT2D eigenvalue weighted by Gasteiger charge is 2.32. The van der Waals surface area contributed by atoms with Crippen LogP contribution in [-0.2, 0) is 10.2 Å². The van der Waals surface area contributed by atoms with E-state index in [1.807, 2.05) is 0 Å². The average molecular weight is 301 g/mol. The molecule has 1 atom stereocenters. The second kappa shape index (κ2) is 6.97. The molecule has 1 aromatic carbocycles. The minimum Gasteiger partial charge on any atom is -0.378 e. The van der Waals surface area contributed by atoms with Gasteiger partial charge >= 0.3 is 0 Å². The standard InChI is InChI=1S/C16H22Cl2O/c1-13-4-2-5-14(10-13)16(11-17,12-18)8-7-15-6-3-9-19-15/h2,4-5,10,15H,3,6-9,11-12H2,1H3. The fraction of sp³-hybridized carbons (Fsp3) is 0.625. The first-order valence-electron chi connectivity index (χ1n) is 7.01. The van der Waals surface area contributed by atoms with E-state index < -0.39 is 0 Å². The largest absolute Gasteiger partial charge is 0.378 e. The van der Waals surface area contributed by atoms with E-state index in [9.17, 15) is 0 Å². The van der Waals surface area contributed by atoms with Crippen LogP contribution in [0.25, 0.3) is 0 Å². The second-order valence-corrected chi connectivity index (χ2v) is 6.13. The van der Waals surface area contributed by atoms with Gasteiger partial charge in [0, 0.05) is 23.8 Å². The number of rotatable bonds is 6. The van der Waals surface area contributed by atoms with Gasteiger partial charge in [0.1, 0.15) is 0 Å². The van der Waals surface area contributed by atoms with Gasteiger partial charge in [-0.05, 0) is 38.2 Å². The van der Waals surface area contributed by atoms with Crippen LogP contribution in [0.3, 0.4) is 0 Å². The van der Waals surface area contributed by atoms with Gasteiger partial charge < -0.3 is 4.74 Å². The lowest BCUT2D eigenvalue weighted by Gasteiger charge is -2.31. The van der Waals surface area contributed by atoms with Crippen LogP contribution in [0.1, 0.15) is 36.8 Å². The molecule has 1 aromatic rings. The molecule has 0 aliphatic carbocycles. The molecule has 0 saturated carbocycles.